The summed E-state index contributed by atoms with van der Waals surface area (Å²) in [5, 5.41) is 2.93. The fourth-order valence-electron chi connectivity index (χ4n) is 3.14. The van der Waals surface area contributed by atoms with Gasteiger partial charge in [-0.3, -0.25) is 9.78 Å². The van der Waals surface area contributed by atoms with E-state index in [0.717, 1.165) is 16.9 Å². The van der Waals surface area contributed by atoms with Crippen LogP contribution in [0.2, 0.25) is 0 Å². The predicted molar refractivity (Wildman–Crippen MR) is 105 cm³/mol. The number of hydrogen-bond donors (Lipinski definition) is 1. The van der Waals surface area contributed by atoms with Crippen LogP contribution in [0.3, 0.4) is 0 Å². The zero-order valence-electron chi connectivity index (χ0n) is 15.1. The molecule has 134 valence electrons. The Bertz CT molecular complexity index is 1090. The molecule has 0 saturated heterocycles. The molecular weight excluding hydrogens is 336 g/mol. The third kappa shape index (κ3) is 3.58. The molecular formula is C22H20N4O. The number of aromatic nitrogens is 3. The van der Waals surface area contributed by atoms with Crippen molar-refractivity contribution in [1.82, 2.24) is 19.9 Å². The first-order valence-electron chi connectivity index (χ1n) is 8.90. The Balaban J connectivity index is 1.64. The molecule has 2 aromatic heterocycles. The molecule has 0 aliphatic heterocycles. The predicted octanol–water partition coefficient (Wildman–Crippen LogP) is 3.72. The summed E-state index contributed by atoms with van der Waals surface area (Å²) >= 11 is 0. The lowest BCUT2D eigenvalue weighted by Crippen LogP contribution is -2.25. The number of imidazole rings is 1. The highest BCUT2D eigenvalue weighted by Crippen LogP contribution is 2.19. The van der Waals surface area contributed by atoms with Crippen LogP contribution in [0.15, 0.2) is 72.9 Å². The quantitative estimate of drug-likeness (QED) is 0.593. The monoisotopic (exact) mass is 356 g/mol. The molecule has 5 heteroatoms. The number of carbonyl (C=O) groups is 1. The second kappa shape index (κ2) is 7.41. The minimum absolute atomic E-state index is 0.204. The second-order valence-electron chi connectivity index (χ2n) is 6.43. The van der Waals surface area contributed by atoms with E-state index in [-0.39, 0.29) is 5.91 Å². The van der Waals surface area contributed by atoms with Gasteiger partial charge < -0.3 is 9.88 Å². The van der Waals surface area contributed by atoms with Crippen molar-refractivity contribution in [2.75, 3.05) is 0 Å². The van der Waals surface area contributed by atoms with E-state index in [0.29, 0.717) is 18.8 Å². The molecule has 0 radical (unpaired) electrons. The Kier molecular flexibility index (Phi) is 4.66. The molecule has 1 amide bonds. The Hall–Kier alpha value is -3.47. The van der Waals surface area contributed by atoms with Crippen molar-refractivity contribution < 1.29 is 4.79 Å². The van der Waals surface area contributed by atoms with Crippen molar-refractivity contribution in [3.05, 3.63) is 95.6 Å². The van der Waals surface area contributed by atoms with Crippen LogP contribution >= 0.6 is 0 Å². The maximum absolute atomic E-state index is 12.3. The summed E-state index contributed by atoms with van der Waals surface area (Å²) < 4.78 is 2.16. The Labute approximate surface area is 157 Å². The fourth-order valence-corrected chi connectivity index (χ4v) is 3.14. The normalized spacial score (nSPS) is 10.9. The number of nitrogens with one attached hydrogen (secondary N) is 1. The second-order valence-corrected chi connectivity index (χ2v) is 6.43. The van der Waals surface area contributed by atoms with Gasteiger partial charge in [-0.1, -0.05) is 42.5 Å². The highest BCUT2D eigenvalue weighted by Gasteiger charge is 2.13. The zero-order chi connectivity index (χ0) is 18.6. The minimum atomic E-state index is -0.204. The molecule has 0 spiro atoms. The standard InChI is InChI=1S/C22H20N4O/c1-16-8-2-3-9-17(16)15-26-20-12-5-4-10-18(20)25-21(26)14-24-22(27)19-11-6-7-13-23-19/h2-13H,14-15H2,1H3,(H,24,27). The number of nitrogens with zero attached hydrogens (tertiary/aromatic N) is 3. The van der Waals surface area contributed by atoms with E-state index in [1.807, 2.05) is 30.3 Å². The van der Waals surface area contributed by atoms with Gasteiger partial charge in [0.05, 0.1) is 17.6 Å². The van der Waals surface area contributed by atoms with Gasteiger partial charge in [0.1, 0.15) is 11.5 Å². The molecule has 0 fully saturated rings. The molecule has 5 nitrogen and oxygen atoms in total. The van der Waals surface area contributed by atoms with Crippen molar-refractivity contribution in [2.24, 2.45) is 0 Å². The molecule has 1 N–H and O–H groups in total. The Morgan fingerprint density at radius 2 is 1.78 bits per heavy atom. The first-order valence-corrected chi connectivity index (χ1v) is 8.90. The smallest absolute Gasteiger partial charge is 0.270 e. The summed E-state index contributed by atoms with van der Waals surface area (Å²) in [5.74, 6) is 0.619. The lowest BCUT2D eigenvalue weighted by molar-refractivity contribution is 0.0944. The third-order valence-corrected chi connectivity index (χ3v) is 4.63. The van der Waals surface area contributed by atoms with Gasteiger partial charge in [-0.05, 0) is 42.3 Å². The highest BCUT2D eigenvalue weighted by atomic mass is 16.1. The van der Waals surface area contributed by atoms with Gasteiger partial charge in [-0.25, -0.2) is 4.98 Å². The van der Waals surface area contributed by atoms with Gasteiger partial charge in [0.25, 0.3) is 5.91 Å². The van der Waals surface area contributed by atoms with Crippen LogP contribution in [0.4, 0.5) is 0 Å². The maximum Gasteiger partial charge on any atom is 0.270 e. The van der Waals surface area contributed by atoms with E-state index in [9.17, 15) is 4.79 Å². The average Bonchev–Trinajstić information content (AvgIpc) is 3.06. The number of fused-ring (bicyclic) bond motifs is 1. The summed E-state index contributed by atoms with van der Waals surface area (Å²) in [6, 6.07) is 21.6. The van der Waals surface area contributed by atoms with E-state index in [1.165, 1.54) is 11.1 Å². The van der Waals surface area contributed by atoms with E-state index in [2.05, 4.69) is 40.0 Å². The van der Waals surface area contributed by atoms with Crippen LogP contribution in [-0.2, 0) is 13.1 Å². The summed E-state index contributed by atoms with van der Waals surface area (Å²) in [6.45, 7) is 3.16. The third-order valence-electron chi connectivity index (χ3n) is 4.63. The lowest BCUT2D eigenvalue weighted by Gasteiger charge is -2.12. The molecule has 0 aliphatic rings. The molecule has 4 rings (SSSR count). The van der Waals surface area contributed by atoms with Crippen LogP contribution in [0.25, 0.3) is 11.0 Å². The van der Waals surface area contributed by atoms with E-state index in [1.54, 1.807) is 24.4 Å². The first kappa shape index (κ1) is 17.0. The summed E-state index contributed by atoms with van der Waals surface area (Å²) in [7, 11) is 0. The van der Waals surface area contributed by atoms with Gasteiger partial charge >= 0.3 is 0 Å². The van der Waals surface area contributed by atoms with Crippen LogP contribution in [0.5, 0.6) is 0 Å². The SMILES string of the molecule is Cc1ccccc1Cn1c(CNC(=O)c2ccccn2)nc2ccccc21. The zero-order valence-corrected chi connectivity index (χ0v) is 15.1. The minimum Gasteiger partial charge on any atom is -0.343 e. The van der Waals surface area contributed by atoms with Gasteiger partial charge in [0.15, 0.2) is 0 Å². The molecule has 0 unspecified atom stereocenters. The van der Waals surface area contributed by atoms with Crippen molar-refractivity contribution in [2.45, 2.75) is 20.0 Å². The maximum atomic E-state index is 12.3. The van der Waals surface area contributed by atoms with E-state index >= 15 is 0 Å². The topological polar surface area (TPSA) is 59.8 Å². The Morgan fingerprint density at radius 3 is 2.59 bits per heavy atom. The van der Waals surface area contributed by atoms with Crippen molar-refractivity contribution in [3.8, 4) is 0 Å². The number of carbonyl (C=O) groups excluding carboxylic acids is 1. The number of rotatable bonds is 5. The number of amides is 1. The first-order chi connectivity index (χ1) is 13.2. The molecule has 0 bridgehead atoms. The van der Waals surface area contributed by atoms with Gasteiger partial charge in [-0.15, -0.1) is 0 Å². The van der Waals surface area contributed by atoms with Gasteiger partial charge in [0, 0.05) is 12.7 Å². The largest absolute Gasteiger partial charge is 0.343 e. The van der Waals surface area contributed by atoms with E-state index < -0.39 is 0 Å². The average molecular weight is 356 g/mol. The van der Waals surface area contributed by atoms with Gasteiger partial charge in [-0.2, -0.15) is 0 Å². The van der Waals surface area contributed by atoms with Crippen molar-refractivity contribution in [1.29, 1.82) is 0 Å². The number of hydrogen-bond acceptors (Lipinski definition) is 3. The van der Waals surface area contributed by atoms with Crippen LogP contribution in [0.1, 0.15) is 27.4 Å². The lowest BCUT2D eigenvalue weighted by atomic mass is 10.1. The summed E-state index contributed by atoms with van der Waals surface area (Å²) in [5.41, 5.74) is 4.85. The molecule has 27 heavy (non-hydrogen) atoms. The molecule has 4 aromatic rings. The van der Waals surface area contributed by atoms with Crippen molar-refractivity contribution >= 4 is 16.9 Å². The highest BCUT2D eigenvalue weighted by molar-refractivity contribution is 5.92. The van der Waals surface area contributed by atoms with Crippen LogP contribution < -0.4 is 5.32 Å². The van der Waals surface area contributed by atoms with E-state index in [4.69, 9.17) is 4.98 Å². The Morgan fingerprint density at radius 1 is 1.00 bits per heavy atom. The fraction of sp³-hybridized carbons (Fsp3) is 0.136. The molecule has 0 aliphatic carbocycles. The number of aryl methyl sites for hydroxylation is 1. The molecule has 0 atom stereocenters. The van der Waals surface area contributed by atoms with Crippen LogP contribution in [-0.4, -0.2) is 20.4 Å². The number of benzene rings is 2. The number of para-hydroxylation sites is 2. The molecule has 2 aromatic carbocycles. The van der Waals surface area contributed by atoms with Crippen LogP contribution in [0, 0.1) is 6.92 Å². The summed E-state index contributed by atoms with van der Waals surface area (Å²) in [6.07, 6.45) is 1.61. The van der Waals surface area contributed by atoms with Gasteiger partial charge in [0.2, 0.25) is 0 Å². The summed E-state index contributed by atoms with van der Waals surface area (Å²) in [4.78, 5) is 21.2. The van der Waals surface area contributed by atoms with Crippen molar-refractivity contribution in [3.63, 3.8) is 0 Å². The molecule has 2 heterocycles. The molecule has 0 saturated carbocycles. The number of pyridine rings is 1.